The van der Waals surface area contributed by atoms with E-state index in [0.29, 0.717) is 32.4 Å². The zero-order valence-corrected chi connectivity index (χ0v) is 19.0. The van der Waals surface area contributed by atoms with E-state index in [0.717, 1.165) is 16.5 Å². The number of esters is 1. The number of nitrogens with zero attached hydrogens (tertiary/aromatic N) is 3. The van der Waals surface area contributed by atoms with E-state index in [1.807, 2.05) is 58.0 Å². The van der Waals surface area contributed by atoms with Gasteiger partial charge < -0.3 is 19.2 Å². The van der Waals surface area contributed by atoms with Gasteiger partial charge in [0.05, 0.1) is 5.52 Å². The summed E-state index contributed by atoms with van der Waals surface area (Å²) in [6, 6.07) is 9.77. The van der Waals surface area contributed by atoms with Gasteiger partial charge in [-0.1, -0.05) is 23.4 Å². The van der Waals surface area contributed by atoms with Gasteiger partial charge in [0.1, 0.15) is 17.3 Å². The van der Waals surface area contributed by atoms with Crippen molar-refractivity contribution in [2.24, 2.45) is 5.16 Å². The van der Waals surface area contributed by atoms with Gasteiger partial charge in [0.25, 0.3) is 0 Å². The summed E-state index contributed by atoms with van der Waals surface area (Å²) in [5.74, 6) is -0.489. The van der Waals surface area contributed by atoms with Crippen molar-refractivity contribution in [1.82, 2.24) is 9.88 Å². The van der Waals surface area contributed by atoms with Gasteiger partial charge in [-0.2, -0.15) is 0 Å². The first kappa shape index (κ1) is 22.0. The minimum Gasteiger partial charge on any atom is -0.453 e. The largest absolute Gasteiger partial charge is 0.453 e. The van der Waals surface area contributed by atoms with Crippen LogP contribution in [0.5, 0.6) is 0 Å². The number of benzene rings is 1. The molecule has 0 radical (unpaired) electrons. The molecule has 1 atom stereocenters. The van der Waals surface area contributed by atoms with Crippen LogP contribution in [0.3, 0.4) is 0 Å². The van der Waals surface area contributed by atoms with Gasteiger partial charge in [-0.3, -0.25) is 4.98 Å². The molecule has 1 spiro atoms. The fourth-order valence-corrected chi connectivity index (χ4v) is 3.93. The molecule has 1 amide bonds. The van der Waals surface area contributed by atoms with Crippen molar-refractivity contribution < 1.29 is 23.9 Å². The number of ether oxygens (including phenoxy) is 2. The highest BCUT2D eigenvalue weighted by atomic mass is 16.7. The number of aromatic nitrogens is 1. The number of para-hydroxylation sites is 1. The Morgan fingerprint density at radius 1 is 1.19 bits per heavy atom. The fraction of sp³-hybridized carbons (Fsp3) is 0.500. The van der Waals surface area contributed by atoms with Crippen molar-refractivity contribution in [2.75, 3.05) is 13.1 Å². The van der Waals surface area contributed by atoms with Crippen LogP contribution < -0.4 is 0 Å². The highest BCUT2D eigenvalue weighted by molar-refractivity contribution is 6.36. The Balaban J connectivity index is 1.32. The minimum absolute atomic E-state index is 0.274. The number of piperidine rings is 1. The lowest BCUT2D eigenvalue weighted by Gasteiger charge is -2.37. The second kappa shape index (κ2) is 8.41. The maximum Gasteiger partial charge on any atom is 0.410 e. The molecule has 2 aliphatic heterocycles. The second-order valence-corrected chi connectivity index (χ2v) is 9.47. The topological polar surface area (TPSA) is 90.3 Å². The van der Waals surface area contributed by atoms with Crippen molar-refractivity contribution in [3.63, 3.8) is 0 Å². The molecule has 1 aromatic carbocycles. The average Bonchev–Trinajstić information content (AvgIpc) is 3.16. The van der Waals surface area contributed by atoms with Gasteiger partial charge in [-0.15, -0.1) is 0 Å². The maximum atomic E-state index is 12.7. The zero-order valence-electron chi connectivity index (χ0n) is 19.0. The smallest absolute Gasteiger partial charge is 0.410 e. The molecule has 0 bridgehead atoms. The van der Waals surface area contributed by atoms with Crippen molar-refractivity contribution in [1.29, 1.82) is 0 Å². The van der Waals surface area contributed by atoms with Crippen LogP contribution in [0.4, 0.5) is 4.79 Å². The molecule has 4 rings (SSSR count). The first-order valence-electron chi connectivity index (χ1n) is 10.9. The lowest BCUT2D eigenvalue weighted by Crippen LogP contribution is -2.48. The molecule has 2 aromatic rings. The standard InChI is InChI=1S/C24H29N3O5/c1-16(18-13-17-7-5-6-8-19(17)25-15-18)30-21(28)20-14-24(32-26-20)9-11-27(12-10-24)22(29)31-23(2,3)4/h5-8,13,15-16H,9-12,14H2,1-4H3/t16-/m0/s1. The van der Waals surface area contributed by atoms with E-state index < -0.39 is 23.3 Å². The molecule has 0 saturated carbocycles. The third-order valence-corrected chi connectivity index (χ3v) is 5.77. The van der Waals surface area contributed by atoms with Crippen LogP contribution in [0.15, 0.2) is 41.7 Å². The Hall–Kier alpha value is -3.16. The van der Waals surface area contributed by atoms with E-state index in [1.54, 1.807) is 11.1 Å². The summed E-state index contributed by atoms with van der Waals surface area (Å²) in [5, 5.41) is 5.02. The highest BCUT2D eigenvalue weighted by Crippen LogP contribution is 2.35. The quantitative estimate of drug-likeness (QED) is 0.659. The first-order valence-corrected chi connectivity index (χ1v) is 10.9. The minimum atomic E-state index is -0.569. The molecular weight excluding hydrogens is 410 g/mol. The van der Waals surface area contributed by atoms with Gasteiger partial charge in [0.2, 0.25) is 0 Å². The molecule has 0 aliphatic carbocycles. The third-order valence-electron chi connectivity index (χ3n) is 5.77. The molecule has 2 aliphatic rings. The molecule has 8 heteroatoms. The van der Waals surface area contributed by atoms with Crippen molar-refractivity contribution in [3.05, 3.63) is 42.1 Å². The average molecular weight is 440 g/mol. The van der Waals surface area contributed by atoms with Crippen LogP contribution in [0.1, 0.15) is 58.6 Å². The summed E-state index contributed by atoms with van der Waals surface area (Å²) in [4.78, 5) is 36.8. The summed E-state index contributed by atoms with van der Waals surface area (Å²) < 4.78 is 11.1. The number of likely N-dealkylation sites (tertiary alicyclic amines) is 1. The molecule has 1 aromatic heterocycles. The Morgan fingerprint density at radius 2 is 1.91 bits per heavy atom. The van der Waals surface area contributed by atoms with Gasteiger partial charge in [-0.25, -0.2) is 9.59 Å². The van der Waals surface area contributed by atoms with E-state index in [4.69, 9.17) is 14.3 Å². The number of amides is 1. The summed E-state index contributed by atoms with van der Waals surface area (Å²) >= 11 is 0. The fourth-order valence-electron chi connectivity index (χ4n) is 3.93. The Morgan fingerprint density at radius 3 is 2.62 bits per heavy atom. The molecular formula is C24H29N3O5. The van der Waals surface area contributed by atoms with Gasteiger partial charge in [-0.05, 0) is 39.8 Å². The van der Waals surface area contributed by atoms with Crippen molar-refractivity contribution in [2.45, 2.75) is 64.3 Å². The number of hydrogen-bond donors (Lipinski definition) is 0. The van der Waals surface area contributed by atoms with Crippen LogP contribution in [0.2, 0.25) is 0 Å². The molecule has 0 N–H and O–H groups in total. The summed E-state index contributed by atoms with van der Waals surface area (Å²) in [7, 11) is 0. The number of rotatable bonds is 3. The number of fused-ring (bicyclic) bond motifs is 1. The monoisotopic (exact) mass is 439 g/mol. The van der Waals surface area contributed by atoms with Crippen LogP contribution in [0.25, 0.3) is 10.9 Å². The van der Waals surface area contributed by atoms with Crippen LogP contribution in [0, 0.1) is 0 Å². The highest BCUT2D eigenvalue weighted by Gasteiger charge is 2.45. The molecule has 1 fully saturated rings. The van der Waals surface area contributed by atoms with Gasteiger partial charge in [0.15, 0.2) is 5.71 Å². The van der Waals surface area contributed by atoms with E-state index >= 15 is 0 Å². The number of hydrogen-bond acceptors (Lipinski definition) is 7. The predicted molar refractivity (Wildman–Crippen MR) is 119 cm³/mol. The van der Waals surface area contributed by atoms with E-state index in [-0.39, 0.29) is 11.8 Å². The van der Waals surface area contributed by atoms with E-state index in [2.05, 4.69) is 10.1 Å². The maximum absolute atomic E-state index is 12.7. The van der Waals surface area contributed by atoms with Crippen LogP contribution in [-0.4, -0.2) is 51.9 Å². The Kier molecular flexibility index (Phi) is 5.79. The SMILES string of the molecule is C[C@H](OC(=O)C1=NOC2(CCN(C(=O)OC(C)(C)C)CC2)C1)c1cnc2ccccc2c1. The number of pyridine rings is 1. The molecule has 8 nitrogen and oxygen atoms in total. The summed E-state index contributed by atoms with van der Waals surface area (Å²) in [6.45, 7) is 8.33. The predicted octanol–water partition coefficient (Wildman–Crippen LogP) is 4.39. The molecule has 3 heterocycles. The number of carbonyl (C=O) groups excluding carboxylic acids is 2. The Bertz CT molecular complexity index is 1050. The second-order valence-electron chi connectivity index (χ2n) is 9.47. The third kappa shape index (κ3) is 4.84. The van der Waals surface area contributed by atoms with Crippen LogP contribution >= 0.6 is 0 Å². The summed E-state index contributed by atoms with van der Waals surface area (Å²) in [6.07, 6.45) is 2.46. The lowest BCUT2D eigenvalue weighted by atomic mass is 9.87. The lowest BCUT2D eigenvalue weighted by molar-refractivity contribution is -0.140. The Labute approximate surface area is 187 Å². The van der Waals surface area contributed by atoms with E-state index in [9.17, 15) is 9.59 Å². The number of carbonyl (C=O) groups is 2. The van der Waals surface area contributed by atoms with Crippen molar-refractivity contribution >= 4 is 28.7 Å². The summed E-state index contributed by atoms with van der Waals surface area (Å²) in [5.41, 5.74) is 0.879. The van der Waals surface area contributed by atoms with E-state index in [1.165, 1.54) is 0 Å². The molecule has 32 heavy (non-hydrogen) atoms. The van der Waals surface area contributed by atoms with Crippen LogP contribution in [-0.2, 0) is 19.1 Å². The molecule has 1 saturated heterocycles. The molecule has 0 unspecified atom stereocenters. The normalized spacial score (nSPS) is 18.8. The van der Waals surface area contributed by atoms with Crippen molar-refractivity contribution in [3.8, 4) is 0 Å². The van der Waals surface area contributed by atoms with Gasteiger partial charge in [0, 0.05) is 49.5 Å². The number of oxime groups is 1. The zero-order chi connectivity index (χ0) is 22.9. The van der Waals surface area contributed by atoms with Gasteiger partial charge >= 0.3 is 12.1 Å². The first-order chi connectivity index (χ1) is 15.1. The molecule has 170 valence electrons.